The van der Waals surface area contributed by atoms with Crippen LogP contribution in [0.25, 0.3) is 0 Å². The van der Waals surface area contributed by atoms with Gasteiger partial charge < -0.3 is 10.5 Å². The highest BCUT2D eigenvalue weighted by atomic mass is 35.5. The molecule has 1 aromatic carbocycles. The number of anilines is 1. The zero-order valence-corrected chi connectivity index (χ0v) is 10.3. The van der Waals surface area contributed by atoms with Crippen molar-refractivity contribution in [2.24, 2.45) is 0 Å². The molecule has 0 aliphatic rings. The molecule has 17 heavy (non-hydrogen) atoms. The van der Waals surface area contributed by atoms with Crippen LogP contribution < -0.4 is 5.73 Å². The molecule has 0 unspecified atom stereocenters. The van der Waals surface area contributed by atoms with Gasteiger partial charge in [0.05, 0.1) is 5.56 Å². The lowest BCUT2D eigenvalue weighted by Crippen LogP contribution is -2.05. The van der Waals surface area contributed by atoms with Gasteiger partial charge in [-0.25, -0.2) is 9.78 Å². The summed E-state index contributed by atoms with van der Waals surface area (Å²) < 4.78 is 5.08. The lowest BCUT2D eigenvalue weighted by atomic mass is 10.2. The monoisotopic (exact) mass is 268 g/mol. The Bertz CT molecular complexity index is 508. The molecule has 2 aromatic rings. The average Bonchev–Trinajstić information content (AvgIpc) is 2.77. The van der Waals surface area contributed by atoms with Gasteiger partial charge in [0, 0.05) is 22.3 Å². The number of ether oxygens (including phenoxy) is 1. The number of esters is 1. The molecule has 0 saturated carbocycles. The third-order valence-corrected chi connectivity index (χ3v) is 2.94. The molecular formula is C11H9ClN2O2S. The zero-order valence-electron chi connectivity index (χ0n) is 8.72. The largest absolute Gasteiger partial charge is 0.455 e. The molecule has 2 rings (SSSR count). The van der Waals surface area contributed by atoms with E-state index in [1.807, 2.05) is 5.38 Å². The van der Waals surface area contributed by atoms with E-state index in [0.29, 0.717) is 16.3 Å². The van der Waals surface area contributed by atoms with Gasteiger partial charge in [-0.2, -0.15) is 0 Å². The number of aromatic nitrogens is 1. The molecule has 88 valence electrons. The molecule has 0 aliphatic heterocycles. The van der Waals surface area contributed by atoms with Crippen molar-refractivity contribution in [1.82, 2.24) is 4.98 Å². The van der Waals surface area contributed by atoms with Crippen molar-refractivity contribution < 1.29 is 9.53 Å². The number of nitrogens with zero attached hydrogens (tertiary/aromatic N) is 1. The van der Waals surface area contributed by atoms with Crippen LogP contribution >= 0.6 is 22.9 Å². The second-order valence-corrected chi connectivity index (χ2v) is 4.69. The summed E-state index contributed by atoms with van der Waals surface area (Å²) in [6.45, 7) is 0.156. The number of rotatable bonds is 3. The van der Waals surface area contributed by atoms with Crippen LogP contribution in [0.15, 0.2) is 29.8 Å². The van der Waals surface area contributed by atoms with Gasteiger partial charge in [0.2, 0.25) is 0 Å². The van der Waals surface area contributed by atoms with Crippen LogP contribution in [-0.4, -0.2) is 11.0 Å². The summed E-state index contributed by atoms with van der Waals surface area (Å²) in [6, 6.07) is 4.61. The molecule has 0 atom stereocenters. The van der Waals surface area contributed by atoms with E-state index in [4.69, 9.17) is 22.1 Å². The van der Waals surface area contributed by atoms with Crippen molar-refractivity contribution in [2.45, 2.75) is 6.61 Å². The van der Waals surface area contributed by atoms with Crippen molar-refractivity contribution in [2.75, 3.05) is 5.73 Å². The number of carbonyl (C=O) groups excluding carboxylic acids is 1. The van der Waals surface area contributed by atoms with Gasteiger partial charge in [0.1, 0.15) is 11.6 Å². The molecule has 2 N–H and O–H groups in total. The predicted molar refractivity (Wildman–Crippen MR) is 67.1 cm³/mol. The Kier molecular flexibility index (Phi) is 3.61. The minimum absolute atomic E-state index is 0.156. The van der Waals surface area contributed by atoms with Crippen molar-refractivity contribution in [3.8, 4) is 0 Å². The molecule has 1 aromatic heterocycles. The number of thiazole rings is 1. The van der Waals surface area contributed by atoms with Crippen LogP contribution in [0.1, 0.15) is 15.4 Å². The third kappa shape index (κ3) is 3.18. The van der Waals surface area contributed by atoms with Crippen molar-refractivity contribution in [3.05, 3.63) is 45.4 Å². The number of hydrogen-bond donors (Lipinski definition) is 1. The average molecular weight is 269 g/mol. The van der Waals surface area contributed by atoms with Crippen LogP contribution in [-0.2, 0) is 11.3 Å². The van der Waals surface area contributed by atoms with Gasteiger partial charge in [-0.05, 0) is 18.2 Å². The molecule has 0 fully saturated rings. The number of halogens is 1. The highest BCUT2D eigenvalue weighted by Gasteiger charge is 2.09. The smallest absolute Gasteiger partial charge is 0.338 e. The lowest BCUT2D eigenvalue weighted by molar-refractivity contribution is 0.0472. The molecule has 0 bridgehead atoms. The zero-order chi connectivity index (χ0) is 12.3. The van der Waals surface area contributed by atoms with Crippen molar-refractivity contribution in [1.29, 1.82) is 0 Å². The first kappa shape index (κ1) is 11.9. The lowest BCUT2D eigenvalue weighted by Gasteiger charge is -2.04. The molecule has 4 nitrogen and oxygen atoms in total. The first-order valence-corrected chi connectivity index (χ1v) is 6.02. The summed E-state index contributed by atoms with van der Waals surface area (Å²) >= 11 is 7.22. The summed E-state index contributed by atoms with van der Waals surface area (Å²) in [5, 5.41) is 2.97. The number of nitrogens with two attached hydrogens (primary N) is 1. The minimum atomic E-state index is -0.464. The van der Waals surface area contributed by atoms with E-state index in [9.17, 15) is 4.79 Å². The fourth-order valence-corrected chi connectivity index (χ4v) is 2.04. The molecule has 0 spiro atoms. The van der Waals surface area contributed by atoms with Crippen LogP contribution in [0.5, 0.6) is 0 Å². The van der Waals surface area contributed by atoms with E-state index >= 15 is 0 Å². The maximum Gasteiger partial charge on any atom is 0.338 e. The Labute approximate surface area is 107 Å². The Balaban J connectivity index is 2.04. The normalized spacial score (nSPS) is 10.2. The van der Waals surface area contributed by atoms with Crippen LogP contribution in [0, 0.1) is 0 Å². The van der Waals surface area contributed by atoms with Crippen LogP contribution in [0.4, 0.5) is 5.69 Å². The summed E-state index contributed by atoms with van der Waals surface area (Å²) in [5.41, 5.74) is 6.35. The molecular weight excluding hydrogens is 260 g/mol. The van der Waals surface area contributed by atoms with Gasteiger partial charge in [0.15, 0.2) is 0 Å². The van der Waals surface area contributed by atoms with E-state index in [0.717, 1.165) is 5.01 Å². The molecule has 1 heterocycles. The Morgan fingerprint density at radius 3 is 2.94 bits per heavy atom. The molecule has 6 heteroatoms. The van der Waals surface area contributed by atoms with Crippen LogP contribution in [0.2, 0.25) is 5.02 Å². The van der Waals surface area contributed by atoms with Gasteiger partial charge >= 0.3 is 5.97 Å². The number of nitrogen functional groups attached to an aromatic ring is 1. The van der Waals surface area contributed by atoms with Gasteiger partial charge in [-0.1, -0.05) is 11.6 Å². The van der Waals surface area contributed by atoms with Gasteiger partial charge in [-0.3, -0.25) is 0 Å². The Morgan fingerprint density at radius 1 is 1.47 bits per heavy atom. The second-order valence-electron chi connectivity index (χ2n) is 3.28. The molecule has 0 saturated heterocycles. The molecule has 0 amide bonds. The highest BCUT2D eigenvalue weighted by Crippen LogP contribution is 2.18. The van der Waals surface area contributed by atoms with E-state index < -0.39 is 5.97 Å². The SMILES string of the molecule is Nc1cc(Cl)cc(C(=O)OCc2nccs2)c1. The minimum Gasteiger partial charge on any atom is -0.455 e. The van der Waals surface area contributed by atoms with Gasteiger partial charge in [-0.15, -0.1) is 11.3 Å². The Hall–Kier alpha value is -1.59. The predicted octanol–water partition coefficient (Wildman–Crippen LogP) is 2.74. The molecule has 0 aliphatic carbocycles. The number of hydrogen-bond acceptors (Lipinski definition) is 5. The first-order valence-electron chi connectivity index (χ1n) is 4.77. The maximum absolute atomic E-state index is 11.7. The van der Waals surface area contributed by atoms with Gasteiger partial charge in [0.25, 0.3) is 0 Å². The molecule has 0 radical (unpaired) electrons. The quantitative estimate of drug-likeness (QED) is 0.687. The number of benzene rings is 1. The van der Waals surface area contributed by atoms with E-state index in [2.05, 4.69) is 4.98 Å². The standard InChI is InChI=1S/C11H9ClN2O2S/c12-8-3-7(4-9(13)5-8)11(15)16-6-10-14-1-2-17-10/h1-5H,6,13H2. The third-order valence-electron chi connectivity index (χ3n) is 1.97. The van der Waals surface area contributed by atoms with Crippen molar-refractivity contribution >= 4 is 34.6 Å². The van der Waals surface area contributed by atoms with Crippen molar-refractivity contribution in [3.63, 3.8) is 0 Å². The summed E-state index contributed by atoms with van der Waals surface area (Å²) in [6.07, 6.45) is 1.66. The maximum atomic E-state index is 11.7. The fraction of sp³-hybridized carbons (Fsp3) is 0.0909. The summed E-state index contributed by atoms with van der Waals surface area (Å²) in [7, 11) is 0. The van der Waals surface area contributed by atoms with Crippen LogP contribution in [0.3, 0.4) is 0 Å². The highest BCUT2D eigenvalue weighted by molar-refractivity contribution is 7.09. The second kappa shape index (κ2) is 5.16. The van der Waals surface area contributed by atoms with E-state index in [-0.39, 0.29) is 6.61 Å². The Morgan fingerprint density at radius 2 is 2.29 bits per heavy atom. The first-order chi connectivity index (χ1) is 8.15. The summed E-state index contributed by atoms with van der Waals surface area (Å²) in [4.78, 5) is 15.7. The van der Waals surface area contributed by atoms with E-state index in [1.54, 1.807) is 12.3 Å². The fourth-order valence-electron chi connectivity index (χ4n) is 1.27. The van der Waals surface area contributed by atoms with E-state index in [1.165, 1.54) is 23.5 Å². The summed E-state index contributed by atoms with van der Waals surface area (Å²) in [5.74, 6) is -0.464. The number of carbonyl (C=O) groups is 1. The topological polar surface area (TPSA) is 65.2 Å².